The van der Waals surface area contributed by atoms with E-state index in [4.69, 9.17) is 10.3 Å². The molecule has 1 saturated heterocycles. The molecule has 0 amide bonds. The van der Waals surface area contributed by atoms with Gasteiger partial charge in [0.15, 0.2) is 5.82 Å². The molecule has 19 heavy (non-hydrogen) atoms. The molecule has 2 N–H and O–H groups in total. The highest BCUT2D eigenvalue weighted by molar-refractivity contribution is 4.99. The largest absolute Gasteiger partial charge is 0.338 e. The van der Waals surface area contributed by atoms with Crippen molar-refractivity contribution in [1.82, 2.24) is 15.0 Å². The molecule has 1 atom stereocenters. The van der Waals surface area contributed by atoms with E-state index >= 15 is 0 Å². The predicted octanol–water partition coefficient (Wildman–Crippen LogP) is 2.28. The van der Waals surface area contributed by atoms with E-state index in [1.165, 1.54) is 25.7 Å². The molecular formula is C14H26N4O. The maximum atomic E-state index is 5.97. The fourth-order valence-electron chi connectivity index (χ4n) is 2.56. The molecule has 5 heteroatoms. The van der Waals surface area contributed by atoms with Gasteiger partial charge in [-0.15, -0.1) is 0 Å². The fourth-order valence-corrected chi connectivity index (χ4v) is 2.56. The van der Waals surface area contributed by atoms with Crippen molar-refractivity contribution in [3.63, 3.8) is 0 Å². The Morgan fingerprint density at radius 3 is 2.79 bits per heavy atom. The van der Waals surface area contributed by atoms with E-state index in [1.807, 2.05) is 13.8 Å². The summed E-state index contributed by atoms with van der Waals surface area (Å²) in [4.78, 5) is 6.81. The van der Waals surface area contributed by atoms with E-state index in [1.54, 1.807) is 0 Å². The zero-order valence-electron chi connectivity index (χ0n) is 12.4. The van der Waals surface area contributed by atoms with Crippen LogP contribution in [0.4, 0.5) is 0 Å². The van der Waals surface area contributed by atoms with Crippen molar-refractivity contribution >= 4 is 0 Å². The van der Waals surface area contributed by atoms with E-state index in [2.05, 4.69) is 22.0 Å². The molecule has 1 fully saturated rings. The first-order valence-electron chi connectivity index (χ1n) is 7.33. The molecule has 1 aromatic rings. The van der Waals surface area contributed by atoms with Crippen molar-refractivity contribution in [2.75, 3.05) is 13.1 Å². The highest BCUT2D eigenvalue weighted by Crippen LogP contribution is 2.21. The maximum absolute atomic E-state index is 5.97. The third-order valence-electron chi connectivity index (χ3n) is 3.92. The van der Waals surface area contributed by atoms with Crippen LogP contribution in [0, 0.1) is 5.92 Å². The van der Waals surface area contributed by atoms with Crippen LogP contribution in [0.1, 0.15) is 58.2 Å². The van der Waals surface area contributed by atoms with Crippen LogP contribution in [0.15, 0.2) is 4.52 Å². The summed E-state index contributed by atoms with van der Waals surface area (Å²) in [5.41, 5.74) is 5.43. The van der Waals surface area contributed by atoms with Gasteiger partial charge in [-0.3, -0.25) is 4.90 Å². The second-order valence-corrected chi connectivity index (χ2v) is 6.21. The molecule has 2 heterocycles. The lowest BCUT2D eigenvalue weighted by Crippen LogP contribution is -2.30. The first kappa shape index (κ1) is 14.5. The maximum Gasteiger partial charge on any atom is 0.240 e. The highest BCUT2D eigenvalue weighted by atomic mass is 16.5. The molecule has 2 rings (SSSR count). The van der Waals surface area contributed by atoms with E-state index < -0.39 is 5.54 Å². The van der Waals surface area contributed by atoms with Crippen LogP contribution in [-0.4, -0.2) is 28.1 Å². The second-order valence-electron chi connectivity index (χ2n) is 6.21. The second kappa shape index (κ2) is 6.01. The molecule has 0 spiro atoms. The van der Waals surface area contributed by atoms with E-state index in [0.29, 0.717) is 11.7 Å². The third kappa shape index (κ3) is 4.01. The lowest BCUT2D eigenvalue weighted by molar-refractivity contribution is 0.230. The first-order valence-corrected chi connectivity index (χ1v) is 7.33. The Balaban J connectivity index is 1.92. The Bertz CT molecular complexity index is 396. The van der Waals surface area contributed by atoms with Crippen LogP contribution < -0.4 is 5.73 Å². The topological polar surface area (TPSA) is 68.2 Å². The van der Waals surface area contributed by atoms with Crippen molar-refractivity contribution in [3.8, 4) is 0 Å². The lowest BCUT2D eigenvalue weighted by atomic mass is 9.98. The van der Waals surface area contributed by atoms with E-state index in [0.717, 1.165) is 25.6 Å². The van der Waals surface area contributed by atoms with Crippen molar-refractivity contribution in [2.45, 2.75) is 58.5 Å². The molecule has 1 aromatic heterocycles. The van der Waals surface area contributed by atoms with Gasteiger partial charge in [0.1, 0.15) is 0 Å². The van der Waals surface area contributed by atoms with Crippen LogP contribution in [-0.2, 0) is 12.1 Å². The smallest absolute Gasteiger partial charge is 0.240 e. The molecule has 1 unspecified atom stereocenters. The van der Waals surface area contributed by atoms with Gasteiger partial charge in [0.25, 0.3) is 0 Å². The molecule has 0 bridgehead atoms. The molecule has 0 aliphatic carbocycles. The third-order valence-corrected chi connectivity index (χ3v) is 3.92. The average molecular weight is 266 g/mol. The van der Waals surface area contributed by atoms with Crippen molar-refractivity contribution in [1.29, 1.82) is 0 Å². The van der Waals surface area contributed by atoms with Gasteiger partial charge < -0.3 is 10.3 Å². The number of aromatic nitrogens is 2. The van der Waals surface area contributed by atoms with Crippen LogP contribution in [0.5, 0.6) is 0 Å². The summed E-state index contributed by atoms with van der Waals surface area (Å²) in [6.07, 6.45) is 5.18. The van der Waals surface area contributed by atoms with Crippen molar-refractivity contribution in [3.05, 3.63) is 11.7 Å². The Labute approximate surface area is 115 Å². The molecule has 108 valence electrons. The number of hydrogen-bond acceptors (Lipinski definition) is 5. The average Bonchev–Trinajstić information content (AvgIpc) is 2.69. The van der Waals surface area contributed by atoms with Gasteiger partial charge >= 0.3 is 0 Å². The van der Waals surface area contributed by atoms with Crippen LogP contribution in [0.3, 0.4) is 0 Å². The molecule has 1 aliphatic heterocycles. The summed E-state index contributed by atoms with van der Waals surface area (Å²) in [6.45, 7) is 9.06. The Morgan fingerprint density at radius 2 is 2.16 bits per heavy atom. The fraction of sp³-hybridized carbons (Fsp3) is 0.857. The van der Waals surface area contributed by atoms with Gasteiger partial charge in [0.2, 0.25) is 5.89 Å². The molecule has 5 nitrogen and oxygen atoms in total. The van der Waals surface area contributed by atoms with Gasteiger partial charge in [-0.05, 0) is 52.1 Å². The number of nitrogens with zero attached hydrogens (tertiary/aromatic N) is 3. The number of rotatable bonds is 4. The van der Waals surface area contributed by atoms with Gasteiger partial charge in [-0.1, -0.05) is 18.5 Å². The Kier molecular flexibility index (Phi) is 4.58. The minimum absolute atomic E-state index is 0.534. The first-order chi connectivity index (χ1) is 8.99. The zero-order chi connectivity index (χ0) is 13.9. The minimum Gasteiger partial charge on any atom is -0.338 e. The van der Waals surface area contributed by atoms with Crippen LogP contribution in [0.25, 0.3) is 0 Å². The number of nitrogens with two attached hydrogens (primary N) is 1. The SMILES string of the molecule is CCC1CCCN(Cc2nc(C(C)(C)N)no2)CC1. The van der Waals surface area contributed by atoms with Gasteiger partial charge in [-0.2, -0.15) is 4.98 Å². The lowest BCUT2D eigenvalue weighted by Gasteiger charge is -2.17. The van der Waals surface area contributed by atoms with Crippen LogP contribution >= 0.6 is 0 Å². The number of hydrogen-bond donors (Lipinski definition) is 1. The van der Waals surface area contributed by atoms with Crippen molar-refractivity contribution in [2.24, 2.45) is 11.7 Å². The van der Waals surface area contributed by atoms with Gasteiger partial charge in [0, 0.05) is 0 Å². The molecular weight excluding hydrogens is 240 g/mol. The molecule has 0 saturated carbocycles. The summed E-state index contributed by atoms with van der Waals surface area (Å²) in [5, 5.41) is 3.97. The van der Waals surface area contributed by atoms with E-state index in [9.17, 15) is 0 Å². The summed E-state index contributed by atoms with van der Waals surface area (Å²) in [7, 11) is 0. The number of likely N-dealkylation sites (tertiary alicyclic amines) is 1. The standard InChI is InChI=1S/C14H26N4O/c1-4-11-6-5-8-18(9-7-11)10-12-16-13(17-19-12)14(2,3)15/h11H,4-10,15H2,1-3H3. The Morgan fingerprint density at radius 1 is 1.37 bits per heavy atom. The minimum atomic E-state index is -0.534. The quantitative estimate of drug-likeness (QED) is 0.905. The molecule has 1 aliphatic rings. The van der Waals surface area contributed by atoms with E-state index in [-0.39, 0.29) is 0 Å². The van der Waals surface area contributed by atoms with Crippen LogP contribution in [0.2, 0.25) is 0 Å². The van der Waals surface area contributed by atoms with Gasteiger partial charge in [-0.25, -0.2) is 0 Å². The summed E-state index contributed by atoms with van der Waals surface area (Å²) in [6, 6.07) is 0. The normalized spacial score (nSPS) is 22.4. The summed E-state index contributed by atoms with van der Waals surface area (Å²) >= 11 is 0. The zero-order valence-corrected chi connectivity index (χ0v) is 12.4. The summed E-state index contributed by atoms with van der Waals surface area (Å²) < 4.78 is 5.31. The molecule has 0 aromatic carbocycles. The summed E-state index contributed by atoms with van der Waals surface area (Å²) in [5.74, 6) is 2.15. The van der Waals surface area contributed by atoms with Crippen molar-refractivity contribution < 1.29 is 4.52 Å². The van der Waals surface area contributed by atoms with Gasteiger partial charge in [0.05, 0.1) is 12.1 Å². The molecule has 0 radical (unpaired) electrons. The monoisotopic (exact) mass is 266 g/mol. The predicted molar refractivity (Wildman–Crippen MR) is 74.4 cm³/mol. The highest BCUT2D eigenvalue weighted by Gasteiger charge is 2.23. The Hall–Kier alpha value is -0.940.